The Bertz CT molecular complexity index is 726. The first-order valence-electron chi connectivity index (χ1n) is 13.5. The fraction of sp³-hybridized carbons (Fsp3) is 1.00. The molecule has 1 spiro atoms. The lowest BCUT2D eigenvalue weighted by atomic mass is 9.44. The molecule has 8 atom stereocenters. The van der Waals surface area contributed by atoms with Gasteiger partial charge in [-0.25, -0.2) is 0 Å². The number of aliphatic hydroxyl groups excluding tert-OH is 1. The summed E-state index contributed by atoms with van der Waals surface area (Å²) in [5.74, 6) is 1.98. The molecular formula is C27H48O4Si. The van der Waals surface area contributed by atoms with Crippen molar-refractivity contribution >= 4 is 8.32 Å². The Kier molecular flexibility index (Phi) is 5.59. The predicted octanol–water partition coefficient (Wildman–Crippen LogP) is 6.13. The van der Waals surface area contributed by atoms with Crippen LogP contribution in [0, 0.1) is 34.5 Å². The Balaban J connectivity index is 1.35. The lowest BCUT2D eigenvalue weighted by Crippen LogP contribution is -2.60. The molecule has 5 aliphatic rings. The van der Waals surface area contributed by atoms with Crippen LogP contribution in [0.25, 0.3) is 0 Å². The minimum Gasteiger partial charge on any atom is -0.414 e. The number of fused-ring (bicyclic) bond motifs is 6. The standard InChI is InChI=1S/C27H48O4Si/c1-24(2,3)32(6,7)31-18-8-11-25(4)20-9-12-26(5)21(10-13-27(26)29-14-15-30-27)19(20)17-23(28)22(25)16-18/h18-23,28H,8-17H2,1-7H3/t18?,19-,20+,21+,22-,23+,25-,26+/m1/s1. The number of aliphatic hydroxyl groups is 1. The van der Waals surface area contributed by atoms with Gasteiger partial charge in [0.25, 0.3) is 0 Å². The largest absolute Gasteiger partial charge is 0.414 e. The Morgan fingerprint density at radius 2 is 1.53 bits per heavy atom. The molecule has 5 heteroatoms. The van der Waals surface area contributed by atoms with E-state index in [4.69, 9.17) is 13.9 Å². The molecule has 5 rings (SSSR count). The third kappa shape index (κ3) is 3.27. The van der Waals surface area contributed by atoms with E-state index in [1.807, 2.05) is 0 Å². The van der Waals surface area contributed by atoms with Crippen LogP contribution >= 0.6 is 0 Å². The van der Waals surface area contributed by atoms with Crippen molar-refractivity contribution in [2.75, 3.05) is 13.2 Å². The third-order valence-corrected chi connectivity index (χ3v) is 16.2. The fourth-order valence-electron chi connectivity index (χ4n) is 8.85. The van der Waals surface area contributed by atoms with Gasteiger partial charge in [0.1, 0.15) is 0 Å². The number of rotatable bonds is 2. The molecule has 1 saturated heterocycles. The third-order valence-electron chi connectivity index (χ3n) is 11.7. The molecule has 1 N–H and O–H groups in total. The first-order valence-corrected chi connectivity index (χ1v) is 16.4. The molecular weight excluding hydrogens is 416 g/mol. The minimum absolute atomic E-state index is 0.107. The number of hydrogen-bond donors (Lipinski definition) is 1. The molecule has 4 saturated carbocycles. The van der Waals surface area contributed by atoms with E-state index in [1.54, 1.807) is 0 Å². The summed E-state index contributed by atoms with van der Waals surface area (Å²) in [6.07, 6.45) is 9.21. The molecule has 0 radical (unpaired) electrons. The van der Waals surface area contributed by atoms with E-state index in [1.165, 1.54) is 25.7 Å². The van der Waals surface area contributed by atoms with Crippen molar-refractivity contribution < 1.29 is 19.0 Å². The van der Waals surface area contributed by atoms with Gasteiger partial charge >= 0.3 is 0 Å². The second kappa shape index (κ2) is 7.53. The highest BCUT2D eigenvalue weighted by atomic mass is 28.4. The van der Waals surface area contributed by atoms with Crippen LogP contribution in [0.4, 0.5) is 0 Å². The predicted molar refractivity (Wildman–Crippen MR) is 130 cm³/mol. The van der Waals surface area contributed by atoms with Gasteiger partial charge in [-0.1, -0.05) is 34.6 Å². The molecule has 32 heavy (non-hydrogen) atoms. The van der Waals surface area contributed by atoms with E-state index in [9.17, 15) is 5.11 Å². The first kappa shape index (κ1) is 23.8. The zero-order valence-electron chi connectivity index (χ0n) is 21.7. The number of hydrogen-bond acceptors (Lipinski definition) is 4. The zero-order chi connectivity index (χ0) is 23.2. The highest BCUT2D eigenvalue weighted by molar-refractivity contribution is 6.74. The SMILES string of the molecule is CC(C)(C)[Si](C)(C)OC1CC[C@@]2(C)[C@H](C1)[C@@H](O)C[C@@H]1[C@@H]2CC[C@@]2(C)[C@H]1CCC21OCCO1. The quantitative estimate of drug-likeness (QED) is 0.499. The van der Waals surface area contributed by atoms with Gasteiger partial charge in [-0.15, -0.1) is 0 Å². The van der Waals surface area contributed by atoms with Crippen LogP contribution in [0.5, 0.6) is 0 Å². The minimum atomic E-state index is -1.79. The molecule has 4 aliphatic carbocycles. The molecule has 1 unspecified atom stereocenters. The van der Waals surface area contributed by atoms with Gasteiger partial charge < -0.3 is 19.0 Å². The zero-order valence-corrected chi connectivity index (χ0v) is 22.7. The lowest BCUT2D eigenvalue weighted by molar-refractivity contribution is -0.253. The van der Waals surface area contributed by atoms with Gasteiger partial charge in [0.05, 0.1) is 19.3 Å². The van der Waals surface area contributed by atoms with Crippen LogP contribution < -0.4 is 0 Å². The van der Waals surface area contributed by atoms with Crippen LogP contribution in [-0.4, -0.2) is 44.6 Å². The average Bonchev–Trinajstić information content (AvgIpc) is 3.28. The maximum Gasteiger partial charge on any atom is 0.192 e. The summed E-state index contributed by atoms with van der Waals surface area (Å²) < 4.78 is 19.5. The number of ether oxygens (including phenoxy) is 2. The smallest absolute Gasteiger partial charge is 0.192 e. The van der Waals surface area contributed by atoms with Gasteiger partial charge in [-0.05, 0) is 92.2 Å². The van der Waals surface area contributed by atoms with Crippen LogP contribution in [0.15, 0.2) is 0 Å². The molecule has 0 aromatic rings. The van der Waals surface area contributed by atoms with Crippen LogP contribution in [0.2, 0.25) is 18.1 Å². The van der Waals surface area contributed by atoms with Gasteiger partial charge in [0, 0.05) is 17.9 Å². The van der Waals surface area contributed by atoms with Crippen LogP contribution in [0.3, 0.4) is 0 Å². The maximum absolute atomic E-state index is 11.5. The van der Waals surface area contributed by atoms with E-state index in [2.05, 4.69) is 47.7 Å². The van der Waals surface area contributed by atoms with E-state index in [-0.39, 0.29) is 27.8 Å². The van der Waals surface area contributed by atoms with Gasteiger partial charge in [0.2, 0.25) is 0 Å². The van der Waals surface area contributed by atoms with Crippen molar-refractivity contribution in [3.8, 4) is 0 Å². The van der Waals surface area contributed by atoms with E-state index >= 15 is 0 Å². The molecule has 184 valence electrons. The van der Waals surface area contributed by atoms with Crippen molar-refractivity contribution in [2.24, 2.45) is 34.5 Å². The maximum atomic E-state index is 11.5. The Hall–Kier alpha value is 0.0569. The van der Waals surface area contributed by atoms with Crippen LogP contribution in [0.1, 0.15) is 86.0 Å². The fourth-order valence-corrected chi connectivity index (χ4v) is 10.2. The Labute approximate surface area is 197 Å². The summed E-state index contributed by atoms with van der Waals surface area (Å²) in [7, 11) is -1.79. The molecule has 5 fully saturated rings. The normalized spacial score (nSPS) is 48.4. The summed E-state index contributed by atoms with van der Waals surface area (Å²) in [6.45, 7) is 18.2. The average molecular weight is 465 g/mol. The highest BCUT2D eigenvalue weighted by Gasteiger charge is 2.68. The molecule has 1 aliphatic heterocycles. The Morgan fingerprint density at radius 3 is 2.19 bits per heavy atom. The van der Waals surface area contributed by atoms with Gasteiger partial charge in [-0.2, -0.15) is 0 Å². The second-order valence-electron chi connectivity index (χ2n) is 14.0. The molecule has 0 aromatic heterocycles. The van der Waals surface area contributed by atoms with Crippen molar-refractivity contribution in [1.29, 1.82) is 0 Å². The summed E-state index contributed by atoms with van der Waals surface area (Å²) >= 11 is 0. The van der Waals surface area contributed by atoms with E-state index in [0.29, 0.717) is 23.9 Å². The first-order chi connectivity index (χ1) is 14.8. The monoisotopic (exact) mass is 464 g/mol. The van der Waals surface area contributed by atoms with Crippen molar-refractivity contribution in [3.63, 3.8) is 0 Å². The van der Waals surface area contributed by atoms with Gasteiger partial charge in [-0.3, -0.25) is 0 Å². The molecule has 0 bridgehead atoms. The topological polar surface area (TPSA) is 47.9 Å². The van der Waals surface area contributed by atoms with E-state index < -0.39 is 8.32 Å². The lowest BCUT2D eigenvalue weighted by Gasteiger charge is -2.63. The van der Waals surface area contributed by atoms with Gasteiger partial charge in [0.15, 0.2) is 14.1 Å². The molecule has 0 amide bonds. The summed E-state index contributed by atoms with van der Waals surface area (Å²) in [5.41, 5.74) is 0.348. The molecule has 4 nitrogen and oxygen atoms in total. The van der Waals surface area contributed by atoms with Crippen molar-refractivity contribution in [2.45, 2.75) is 122 Å². The second-order valence-corrected chi connectivity index (χ2v) is 18.8. The van der Waals surface area contributed by atoms with Crippen LogP contribution in [-0.2, 0) is 13.9 Å². The van der Waals surface area contributed by atoms with Crippen molar-refractivity contribution in [1.82, 2.24) is 0 Å². The Morgan fingerprint density at radius 1 is 0.875 bits per heavy atom. The van der Waals surface area contributed by atoms with Crippen molar-refractivity contribution in [3.05, 3.63) is 0 Å². The highest BCUT2D eigenvalue weighted by Crippen LogP contribution is 2.69. The summed E-state index contributed by atoms with van der Waals surface area (Å²) in [6, 6.07) is 0. The summed E-state index contributed by atoms with van der Waals surface area (Å²) in [5, 5.41) is 11.8. The molecule has 0 aromatic carbocycles. The van der Waals surface area contributed by atoms with E-state index in [0.717, 1.165) is 44.8 Å². The molecule has 1 heterocycles. The summed E-state index contributed by atoms with van der Waals surface area (Å²) in [4.78, 5) is 0.